The highest BCUT2D eigenvalue weighted by Crippen LogP contribution is 2.15. The lowest BCUT2D eigenvalue weighted by atomic mass is 10.1. The molecule has 1 N–H and O–H groups in total. The SMILES string of the molecule is Cc1ccc(S(=O)(=O)NCC(=O)O[C@@H](C)C(=O)N(C)c2ccccc2)cc1C. The van der Waals surface area contributed by atoms with Crippen LogP contribution in [0.1, 0.15) is 18.1 Å². The average molecular weight is 404 g/mol. The molecule has 0 fully saturated rings. The maximum Gasteiger partial charge on any atom is 0.321 e. The highest BCUT2D eigenvalue weighted by atomic mass is 32.2. The molecule has 0 saturated heterocycles. The Morgan fingerprint density at radius 1 is 1.07 bits per heavy atom. The first-order chi connectivity index (χ1) is 13.1. The zero-order valence-corrected chi connectivity index (χ0v) is 17.1. The van der Waals surface area contributed by atoms with Crippen LogP contribution >= 0.6 is 0 Å². The minimum Gasteiger partial charge on any atom is -0.452 e. The molecule has 0 aliphatic carbocycles. The molecule has 0 bridgehead atoms. The summed E-state index contributed by atoms with van der Waals surface area (Å²) in [5, 5.41) is 0. The van der Waals surface area contributed by atoms with Gasteiger partial charge in [-0.25, -0.2) is 8.42 Å². The van der Waals surface area contributed by atoms with E-state index < -0.39 is 34.5 Å². The van der Waals surface area contributed by atoms with Crippen molar-refractivity contribution in [1.29, 1.82) is 0 Å². The predicted molar refractivity (Wildman–Crippen MR) is 107 cm³/mol. The van der Waals surface area contributed by atoms with Crippen molar-refractivity contribution in [2.75, 3.05) is 18.5 Å². The molecule has 0 saturated carbocycles. The van der Waals surface area contributed by atoms with Crippen LogP contribution in [0.4, 0.5) is 5.69 Å². The zero-order chi connectivity index (χ0) is 20.9. The first-order valence-corrected chi connectivity index (χ1v) is 10.2. The van der Waals surface area contributed by atoms with Gasteiger partial charge in [0.25, 0.3) is 5.91 Å². The van der Waals surface area contributed by atoms with Gasteiger partial charge in [-0.3, -0.25) is 9.59 Å². The first-order valence-electron chi connectivity index (χ1n) is 8.71. The number of hydrogen-bond acceptors (Lipinski definition) is 5. The van der Waals surface area contributed by atoms with E-state index in [2.05, 4.69) is 4.72 Å². The van der Waals surface area contributed by atoms with Crippen LogP contribution < -0.4 is 9.62 Å². The van der Waals surface area contributed by atoms with Crippen LogP contribution in [-0.2, 0) is 24.3 Å². The second kappa shape index (κ2) is 8.99. The fourth-order valence-corrected chi connectivity index (χ4v) is 3.51. The standard InChI is InChI=1S/C20H24N2O5S/c1-14-10-11-18(12-15(14)2)28(25,26)21-13-19(23)27-16(3)20(24)22(4)17-8-6-5-7-9-17/h5-12,16,21H,13H2,1-4H3/t16-/m0/s1. The smallest absolute Gasteiger partial charge is 0.321 e. The van der Waals surface area contributed by atoms with Gasteiger partial charge in [0.15, 0.2) is 6.10 Å². The molecule has 0 aliphatic rings. The van der Waals surface area contributed by atoms with E-state index in [-0.39, 0.29) is 4.90 Å². The van der Waals surface area contributed by atoms with Gasteiger partial charge in [0.2, 0.25) is 10.0 Å². The number of carbonyl (C=O) groups is 2. The third kappa shape index (κ3) is 5.40. The van der Waals surface area contributed by atoms with Gasteiger partial charge < -0.3 is 9.64 Å². The summed E-state index contributed by atoms with van der Waals surface area (Å²) < 4.78 is 31.9. The van der Waals surface area contributed by atoms with Crippen LogP contribution in [0.2, 0.25) is 0 Å². The number of nitrogens with zero attached hydrogens (tertiary/aromatic N) is 1. The molecule has 150 valence electrons. The molecule has 1 amide bonds. The molecule has 7 nitrogen and oxygen atoms in total. The number of benzene rings is 2. The molecule has 2 aromatic carbocycles. The summed E-state index contributed by atoms with van der Waals surface area (Å²) in [6.07, 6.45) is -1.05. The molecule has 8 heteroatoms. The molecule has 0 unspecified atom stereocenters. The topological polar surface area (TPSA) is 92.8 Å². The second-order valence-corrected chi connectivity index (χ2v) is 8.20. The summed E-state index contributed by atoms with van der Waals surface area (Å²) >= 11 is 0. The van der Waals surface area contributed by atoms with E-state index in [9.17, 15) is 18.0 Å². The van der Waals surface area contributed by atoms with E-state index in [1.54, 1.807) is 44.3 Å². The number of esters is 1. The van der Waals surface area contributed by atoms with Gasteiger partial charge in [-0.1, -0.05) is 24.3 Å². The van der Waals surface area contributed by atoms with Crippen molar-refractivity contribution in [2.24, 2.45) is 0 Å². The third-order valence-corrected chi connectivity index (χ3v) is 5.72. The van der Waals surface area contributed by atoms with Gasteiger partial charge in [0.05, 0.1) is 4.90 Å². The van der Waals surface area contributed by atoms with Crippen molar-refractivity contribution in [3.8, 4) is 0 Å². The molecule has 1 atom stereocenters. The quantitative estimate of drug-likeness (QED) is 0.714. The molecule has 0 heterocycles. The van der Waals surface area contributed by atoms with Crippen LogP contribution in [0.5, 0.6) is 0 Å². The van der Waals surface area contributed by atoms with Crippen molar-refractivity contribution in [1.82, 2.24) is 4.72 Å². The highest BCUT2D eigenvalue weighted by molar-refractivity contribution is 7.89. The van der Waals surface area contributed by atoms with Gasteiger partial charge in [0.1, 0.15) is 6.54 Å². The average Bonchev–Trinajstić information content (AvgIpc) is 2.68. The Morgan fingerprint density at radius 2 is 1.71 bits per heavy atom. The molecular formula is C20H24N2O5S. The maximum absolute atomic E-state index is 12.4. The fourth-order valence-electron chi connectivity index (χ4n) is 2.46. The van der Waals surface area contributed by atoms with Crippen LogP contribution in [0, 0.1) is 13.8 Å². The lowest BCUT2D eigenvalue weighted by Gasteiger charge is -2.21. The van der Waals surface area contributed by atoms with E-state index in [1.807, 2.05) is 13.0 Å². The minimum absolute atomic E-state index is 0.0661. The van der Waals surface area contributed by atoms with Gasteiger partial charge in [-0.05, 0) is 56.2 Å². The van der Waals surface area contributed by atoms with Gasteiger partial charge in [0, 0.05) is 12.7 Å². The van der Waals surface area contributed by atoms with Gasteiger partial charge in [-0.2, -0.15) is 4.72 Å². The largest absolute Gasteiger partial charge is 0.452 e. The summed E-state index contributed by atoms with van der Waals surface area (Å²) in [6.45, 7) is 4.56. The monoisotopic (exact) mass is 404 g/mol. The maximum atomic E-state index is 12.4. The Balaban J connectivity index is 1.94. The molecule has 2 rings (SSSR count). The lowest BCUT2D eigenvalue weighted by Crippen LogP contribution is -2.39. The Morgan fingerprint density at radius 3 is 2.32 bits per heavy atom. The number of amides is 1. The third-order valence-electron chi connectivity index (χ3n) is 4.33. The highest BCUT2D eigenvalue weighted by Gasteiger charge is 2.23. The summed E-state index contributed by atoms with van der Waals surface area (Å²) in [6, 6.07) is 13.6. The molecule has 0 aliphatic heterocycles. The van der Waals surface area contributed by atoms with E-state index in [0.717, 1.165) is 11.1 Å². The Bertz CT molecular complexity index is 958. The molecule has 28 heavy (non-hydrogen) atoms. The summed E-state index contributed by atoms with van der Waals surface area (Å²) in [5.41, 5.74) is 2.45. The number of carbonyl (C=O) groups excluding carboxylic acids is 2. The van der Waals surface area contributed by atoms with E-state index >= 15 is 0 Å². The van der Waals surface area contributed by atoms with Crippen LogP contribution in [0.25, 0.3) is 0 Å². The Labute approximate surface area is 165 Å². The van der Waals surface area contributed by atoms with Crippen LogP contribution in [0.15, 0.2) is 53.4 Å². The number of ether oxygens (including phenoxy) is 1. The van der Waals surface area contributed by atoms with Gasteiger partial charge >= 0.3 is 5.97 Å². The number of hydrogen-bond donors (Lipinski definition) is 1. The summed E-state index contributed by atoms with van der Waals surface area (Å²) in [5.74, 6) is -1.26. The number of aryl methyl sites for hydroxylation is 2. The Kier molecular flexibility index (Phi) is 6.93. The number of nitrogens with one attached hydrogen (secondary N) is 1. The number of anilines is 1. The van der Waals surface area contributed by atoms with E-state index in [0.29, 0.717) is 5.69 Å². The molecule has 0 radical (unpaired) electrons. The predicted octanol–water partition coefficient (Wildman–Crippen LogP) is 2.18. The first kappa shape index (κ1) is 21.6. The zero-order valence-electron chi connectivity index (χ0n) is 16.3. The van der Waals surface area contributed by atoms with E-state index in [4.69, 9.17) is 4.74 Å². The second-order valence-electron chi connectivity index (χ2n) is 6.44. The number of rotatable bonds is 7. The van der Waals surface area contributed by atoms with Crippen molar-refractivity contribution < 1.29 is 22.7 Å². The lowest BCUT2D eigenvalue weighted by molar-refractivity contribution is -0.152. The number of likely N-dealkylation sites (N-methyl/N-ethyl adjacent to an activating group) is 1. The van der Waals surface area contributed by atoms with E-state index in [1.165, 1.54) is 24.0 Å². The van der Waals surface area contributed by atoms with Crippen LogP contribution in [-0.4, -0.2) is 40.0 Å². The normalized spacial score (nSPS) is 12.3. The molecule has 0 aromatic heterocycles. The van der Waals surface area contributed by atoms with Crippen molar-refractivity contribution in [3.05, 3.63) is 59.7 Å². The van der Waals surface area contributed by atoms with Crippen molar-refractivity contribution in [3.63, 3.8) is 0 Å². The number of sulfonamides is 1. The number of para-hydroxylation sites is 1. The summed E-state index contributed by atoms with van der Waals surface area (Å²) in [7, 11) is -2.28. The molecular weight excluding hydrogens is 380 g/mol. The van der Waals surface area contributed by atoms with Crippen LogP contribution in [0.3, 0.4) is 0 Å². The molecule has 2 aromatic rings. The Hall–Kier alpha value is -2.71. The van der Waals surface area contributed by atoms with Crippen molar-refractivity contribution in [2.45, 2.75) is 31.8 Å². The van der Waals surface area contributed by atoms with Gasteiger partial charge in [-0.15, -0.1) is 0 Å². The fraction of sp³-hybridized carbons (Fsp3) is 0.300. The minimum atomic E-state index is -3.86. The summed E-state index contributed by atoms with van der Waals surface area (Å²) in [4.78, 5) is 25.8. The molecule has 0 spiro atoms. The van der Waals surface area contributed by atoms with Crippen molar-refractivity contribution >= 4 is 27.6 Å².